The molecule has 0 aromatic rings. The molecule has 1 N–H and O–H groups in total. The van der Waals surface area contributed by atoms with Crippen molar-refractivity contribution in [2.24, 2.45) is 0 Å². The van der Waals surface area contributed by atoms with Crippen LogP contribution in [0.1, 0.15) is 39.0 Å². The zero-order valence-electron chi connectivity index (χ0n) is 6.55. The fourth-order valence-electron chi connectivity index (χ4n) is 0.800. The van der Waals surface area contributed by atoms with E-state index < -0.39 is 0 Å². The molecule has 0 fully saturated rings. The van der Waals surface area contributed by atoms with Gasteiger partial charge in [-0.1, -0.05) is 26.2 Å². The van der Waals surface area contributed by atoms with Gasteiger partial charge in [-0.25, -0.2) is 5.26 Å². The Morgan fingerprint density at radius 2 is 2.10 bits per heavy atom. The minimum atomic E-state index is 1.00. The van der Waals surface area contributed by atoms with Crippen LogP contribution in [0.3, 0.4) is 0 Å². The average molecular weight is 144 g/mol. The van der Waals surface area contributed by atoms with E-state index in [1.807, 2.05) is 6.08 Å². The summed E-state index contributed by atoms with van der Waals surface area (Å²) in [6.07, 6.45) is 9.16. The normalized spacial score (nSPS) is 10.6. The predicted octanol–water partition coefficient (Wildman–Crippen LogP) is 2.96. The van der Waals surface area contributed by atoms with Crippen molar-refractivity contribution in [2.45, 2.75) is 39.0 Å². The molecule has 0 saturated carbocycles. The van der Waals surface area contributed by atoms with E-state index in [1.54, 1.807) is 0 Å². The fourth-order valence-corrected chi connectivity index (χ4v) is 0.800. The highest BCUT2D eigenvalue weighted by Gasteiger charge is 1.83. The first-order valence-electron chi connectivity index (χ1n) is 3.87. The molecule has 2 nitrogen and oxygen atoms in total. The maximum Gasteiger partial charge on any atom is 0.125 e. The molecule has 0 radical (unpaired) electrons. The van der Waals surface area contributed by atoms with E-state index in [-0.39, 0.29) is 0 Å². The molecule has 2 heteroatoms. The van der Waals surface area contributed by atoms with Crippen molar-refractivity contribution >= 4 is 0 Å². The van der Waals surface area contributed by atoms with Crippen molar-refractivity contribution in [2.75, 3.05) is 0 Å². The lowest BCUT2D eigenvalue weighted by Gasteiger charge is -1.92. The molecule has 0 amide bonds. The predicted molar refractivity (Wildman–Crippen MR) is 41.6 cm³/mol. The molecule has 0 aliphatic carbocycles. The van der Waals surface area contributed by atoms with Crippen LogP contribution in [0.25, 0.3) is 0 Å². The molecule has 0 aromatic heterocycles. The lowest BCUT2D eigenvalue weighted by Crippen LogP contribution is -1.74. The molecule has 0 rings (SSSR count). The highest BCUT2D eigenvalue weighted by Crippen LogP contribution is 2.02. The summed E-state index contributed by atoms with van der Waals surface area (Å²) in [5.74, 6) is 0. The third-order valence-corrected chi connectivity index (χ3v) is 1.38. The zero-order valence-corrected chi connectivity index (χ0v) is 6.55. The third kappa shape index (κ3) is 7.50. The molecule has 0 aromatic carbocycles. The number of hydrogen-bond donors (Lipinski definition) is 1. The first-order valence-corrected chi connectivity index (χ1v) is 3.87. The molecular weight excluding hydrogens is 128 g/mol. The summed E-state index contributed by atoms with van der Waals surface area (Å²) in [6, 6.07) is 0. The molecule has 0 aliphatic heterocycles. The fraction of sp³-hybridized carbons (Fsp3) is 0.750. The van der Waals surface area contributed by atoms with Gasteiger partial charge in [0.05, 0.1) is 0 Å². The van der Waals surface area contributed by atoms with Crippen LogP contribution in [0.15, 0.2) is 12.3 Å². The second-order valence-electron chi connectivity index (χ2n) is 2.33. The van der Waals surface area contributed by atoms with Crippen molar-refractivity contribution in [1.29, 1.82) is 0 Å². The van der Waals surface area contributed by atoms with Crippen LogP contribution >= 0.6 is 0 Å². The lowest BCUT2D eigenvalue weighted by atomic mass is 10.2. The van der Waals surface area contributed by atoms with E-state index in [9.17, 15) is 0 Å². The van der Waals surface area contributed by atoms with Gasteiger partial charge in [-0.3, -0.25) is 0 Å². The van der Waals surface area contributed by atoms with Crippen molar-refractivity contribution in [3.8, 4) is 0 Å². The smallest absolute Gasteiger partial charge is 0.125 e. The van der Waals surface area contributed by atoms with E-state index in [0.717, 1.165) is 6.42 Å². The first kappa shape index (κ1) is 9.50. The molecule has 0 heterocycles. The van der Waals surface area contributed by atoms with Crippen LogP contribution < -0.4 is 0 Å². The van der Waals surface area contributed by atoms with Gasteiger partial charge in [-0.15, -0.1) is 0 Å². The Labute approximate surface area is 62.4 Å². The second kappa shape index (κ2) is 8.50. The maximum absolute atomic E-state index is 7.88. The summed E-state index contributed by atoms with van der Waals surface area (Å²) in [4.78, 5) is 3.77. The monoisotopic (exact) mass is 144 g/mol. The molecule has 0 aliphatic rings. The number of rotatable bonds is 6. The maximum atomic E-state index is 7.88. The standard InChI is InChI=1S/C8H16O2/c1-2-3-4-5-6-7-8-10-9/h7-9H,2-6H2,1H3/b8-7+. The Hall–Kier alpha value is -0.500. The zero-order chi connectivity index (χ0) is 7.66. The number of hydrogen-bond acceptors (Lipinski definition) is 2. The van der Waals surface area contributed by atoms with Gasteiger partial charge in [0.25, 0.3) is 0 Å². The Balaban J connectivity index is 2.83. The summed E-state index contributed by atoms with van der Waals surface area (Å²) >= 11 is 0. The van der Waals surface area contributed by atoms with Gasteiger partial charge in [-0.2, -0.15) is 0 Å². The second-order valence-corrected chi connectivity index (χ2v) is 2.33. The molecule has 10 heavy (non-hydrogen) atoms. The summed E-state index contributed by atoms with van der Waals surface area (Å²) in [5.41, 5.74) is 0. The minimum absolute atomic E-state index is 1.00. The minimum Gasteiger partial charge on any atom is -0.349 e. The van der Waals surface area contributed by atoms with Gasteiger partial charge in [0.2, 0.25) is 0 Å². The van der Waals surface area contributed by atoms with E-state index >= 15 is 0 Å². The summed E-state index contributed by atoms with van der Waals surface area (Å²) in [7, 11) is 0. The van der Waals surface area contributed by atoms with Crippen molar-refractivity contribution in [3.63, 3.8) is 0 Å². The first-order chi connectivity index (χ1) is 4.91. The van der Waals surface area contributed by atoms with Gasteiger partial charge in [0, 0.05) is 0 Å². The van der Waals surface area contributed by atoms with E-state index in [2.05, 4.69) is 11.8 Å². The van der Waals surface area contributed by atoms with Crippen LogP contribution in [0.2, 0.25) is 0 Å². The molecule has 0 unspecified atom stereocenters. The molecule has 60 valence electrons. The van der Waals surface area contributed by atoms with Crippen molar-refractivity contribution in [3.05, 3.63) is 12.3 Å². The largest absolute Gasteiger partial charge is 0.349 e. The van der Waals surface area contributed by atoms with Gasteiger partial charge >= 0.3 is 0 Å². The SMILES string of the molecule is CCCCCC/C=C/OO. The van der Waals surface area contributed by atoms with Crippen molar-refractivity contribution < 1.29 is 10.1 Å². The number of unbranched alkanes of at least 4 members (excludes halogenated alkanes) is 4. The summed E-state index contributed by atoms with van der Waals surface area (Å²) in [6.45, 7) is 2.19. The highest BCUT2D eigenvalue weighted by molar-refractivity contribution is 4.71. The Kier molecular flexibility index (Phi) is 8.07. The van der Waals surface area contributed by atoms with Gasteiger partial charge in [-0.05, 0) is 18.9 Å². The molecule has 0 bridgehead atoms. The number of allylic oxidation sites excluding steroid dienone is 1. The topological polar surface area (TPSA) is 29.5 Å². The van der Waals surface area contributed by atoms with E-state index in [1.165, 1.54) is 31.9 Å². The van der Waals surface area contributed by atoms with Crippen LogP contribution in [0.4, 0.5) is 0 Å². The molecular formula is C8H16O2. The Bertz CT molecular complexity index is 79.3. The summed E-state index contributed by atoms with van der Waals surface area (Å²) in [5, 5.41) is 7.88. The third-order valence-electron chi connectivity index (χ3n) is 1.38. The van der Waals surface area contributed by atoms with E-state index in [0.29, 0.717) is 0 Å². The van der Waals surface area contributed by atoms with Gasteiger partial charge < -0.3 is 4.89 Å². The van der Waals surface area contributed by atoms with Gasteiger partial charge in [0.1, 0.15) is 6.26 Å². The molecule has 0 atom stereocenters. The average Bonchev–Trinajstić information content (AvgIpc) is 1.97. The summed E-state index contributed by atoms with van der Waals surface area (Å²) < 4.78 is 0. The quantitative estimate of drug-likeness (QED) is 0.269. The van der Waals surface area contributed by atoms with Crippen LogP contribution in [-0.2, 0) is 4.89 Å². The van der Waals surface area contributed by atoms with E-state index in [4.69, 9.17) is 5.26 Å². The van der Waals surface area contributed by atoms with Crippen LogP contribution in [-0.4, -0.2) is 5.26 Å². The van der Waals surface area contributed by atoms with Gasteiger partial charge in [0.15, 0.2) is 0 Å². The Morgan fingerprint density at radius 1 is 1.30 bits per heavy atom. The van der Waals surface area contributed by atoms with Crippen molar-refractivity contribution in [1.82, 2.24) is 0 Å². The Morgan fingerprint density at radius 3 is 2.70 bits per heavy atom. The highest BCUT2D eigenvalue weighted by atomic mass is 17.1. The lowest BCUT2D eigenvalue weighted by molar-refractivity contribution is -0.186. The van der Waals surface area contributed by atoms with Crippen LogP contribution in [0, 0.1) is 0 Å². The van der Waals surface area contributed by atoms with Crippen LogP contribution in [0.5, 0.6) is 0 Å². The molecule has 0 saturated heterocycles. The molecule has 0 spiro atoms.